The summed E-state index contributed by atoms with van der Waals surface area (Å²) < 4.78 is 16.1. The second kappa shape index (κ2) is 5.92. The van der Waals surface area contributed by atoms with E-state index in [1.807, 2.05) is 24.3 Å². The van der Waals surface area contributed by atoms with Gasteiger partial charge in [-0.2, -0.15) is 0 Å². The van der Waals surface area contributed by atoms with Crippen LogP contribution >= 0.6 is 0 Å². The van der Waals surface area contributed by atoms with Crippen LogP contribution in [0.5, 0.6) is 5.75 Å². The van der Waals surface area contributed by atoms with Crippen molar-refractivity contribution in [3.05, 3.63) is 41.6 Å². The van der Waals surface area contributed by atoms with E-state index in [-0.39, 0.29) is 18.4 Å². The van der Waals surface area contributed by atoms with Gasteiger partial charge in [-0.15, -0.1) is 10.2 Å². The number of fused-ring (bicyclic) bond motifs is 1. The summed E-state index contributed by atoms with van der Waals surface area (Å²) in [6.45, 7) is 0.191. The molecule has 0 aliphatic carbocycles. The molecule has 7 nitrogen and oxygen atoms in total. The zero-order chi connectivity index (χ0) is 14.7. The Morgan fingerprint density at radius 3 is 3.10 bits per heavy atom. The highest BCUT2D eigenvalue weighted by atomic mass is 16.5. The molecule has 3 rings (SSSR count). The van der Waals surface area contributed by atoms with Gasteiger partial charge in [-0.3, -0.25) is 0 Å². The van der Waals surface area contributed by atoms with E-state index in [0.717, 1.165) is 17.7 Å². The number of carbonyl (C=O) groups is 1. The van der Waals surface area contributed by atoms with E-state index in [1.54, 1.807) is 0 Å². The number of aliphatic carboxylic acids is 1. The first-order valence-corrected chi connectivity index (χ1v) is 6.57. The Hall–Kier alpha value is -2.41. The van der Waals surface area contributed by atoms with Gasteiger partial charge in [-0.1, -0.05) is 18.2 Å². The van der Waals surface area contributed by atoms with Gasteiger partial charge in [0.2, 0.25) is 11.8 Å². The van der Waals surface area contributed by atoms with Gasteiger partial charge >= 0.3 is 5.97 Å². The molecule has 0 bridgehead atoms. The molecule has 1 atom stereocenters. The minimum absolute atomic E-state index is 0.00401. The summed E-state index contributed by atoms with van der Waals surface area (Å²) in [7, 11) is 0. The van der Waals surface area contributed by atoms with Crippen molar-refractivity contribution in [3.63, 3.8) is 0 Å². The lowest BCUT2D eigenvalue weighted by molar-refractivity contribution is -0.142. The van der Waals surface area contributed by atoms with Crippen molar-refractivity contribution in [1.82, 2.24) is 10.2 Å². The zero-order valence-electron chi connectivity index (χ0n) is 11.2. The maximum atomic E-state index is 10.4. The number of carboxylic acids is 1. The van der Waals surface area contributed by atoms with Crippen molar-refractivity contribution in [1.29, 1.82) is 0 Å². The molecule has 1 aromatic carbocycles. The summed E-state index contributed by atoms with van der Waals surface area (Å²) in [5.74, 6) is 0.564. The average molecular weight is 290 g/mol. The maximum absolute atomic E-state index is 10.4. The number of nitrogens with zero attached hydrogens (tertiary/aromatic N) is 2. The topological polar surface area (TPSA) is 94.7 Å². The Bertz CT molecular complexity index is 640. The molecule has 7 heteroatoms. The lowest BCUT2D eigenvalue weighted by Gasteiger charge is -2.23. The Labute approximate surface area is 120 Å². The molecule has 0 saturated heterocycles. The van der Waals surface area contributed by atoms with E-state index in [4.69, 9.17) is 19.0 Å². The molecule has 1 aliphatic heterocycles. The van der Waals surface area contributed by atoms with E-state index in [1.165, 1.54) is 0 Å². The number of para-hydroxylation sites is 1. The number of hydrogen-bond acceptors (Lipinski definition) is 6. The molecular formula is C14H14N2O5. The van der Waals surface area contributed by atoms with Crippen molar-refractivity contribution in [2.75, 3.05) is 13.2 Å². The smallest absolute Gasteiger partial charge is 0.329 e. The fourth-order valence-electron chi connectivity index (χ4n) is 2.29. The molecule has 1 N–H and O–H groups in total. The lowest BCUT2D eigenvalue weighted by Crippen LogP contribution is -2.15. The number of benzene rings is 1. The number of ether oxygens (including phenoxy) is 2. The van der Waals surface area contributed by atoms with Crippen LogP contribution in [0.25, 0.3) is 0 Å². The SMILES string of the molecule is O=C(O)COCc1nnc(C2CCOc3ccccc32)o1. The highest BCUT2D eigenvalue weighted by Crippen LogP contribution is 2.37. The fourth-order valence-corrected chi connectivity index (χ4v) is 2.29. The first-order chi connectivity index (χ1) is 10.2. The van der Waals surface area contributed by atoms with Gasteiger partial charge in [0.15, 0.2) is 0 Å². The van der Waals surface area contributed by atoms with Gasteiger partial charge in [-0.05, 0) is 12.5 Å². The van der Waals surface area contributed by atoms with Crippen LogP contribution in [-0.4, -0.2) is 34.5 Å². The molecule has 0 saturated carbocycles. The minimum atomic E-state index is -1.03. The highest BCUT2D eigenvalue weighted by molar-refractivity contribution is 5.67. The van der Waals surface area contributed by atoms with Crippen LogP contribution < -0.4 is 4.74 Å². The van der Waals surface area contributed by atoms with Crippen LogP contribution in [0.1, 0.15) is 29.7 Å². The monoisotopic (exact) mass is 290 g/mol. The molecule has 0 spiro atoms. The van der Waals surface area contributed by atoms with E-state index in [2.05, 4.69) is 10.2 Å². The molecular weight excluding hydrogens is 276 g/mol. The van der Waals surface area contributed by atoms with Gasteiger partial charge in [0.25, 0.3) is 0 Å². The number of rotatable bonds is 5. The van der Waals surface area contributed by atoms with Gasteiger partial charge in [-0.25, -0.2) is 4.79 Å². The van der Waals surface area contributed by atoms with Gasteiger partial charge < -0.3 is 19.0 Å². The molecule has 1 unspecified atom stereocenters. The third-order valence-corrected chi connectivity index (χ3v) is 3.19. The molecule has 0 radical (unpaired) electrons. The van der Waals surface area contributed by atoms with Crippen molar-refractivity contribution >= 4 is 5.97 Å². The number of carboxylic acid groups (broad SMARTS) is 1. The van der Waals surface area contributed by atoms with Gasteiger partial charge in [0.05, 0.1) is 12.5 Å². The van der Waals surface area contributed by atoms with E-state index in [9.17, 15) is 4.79 Å². The highest BCUT2D eigenvalue weighted by Gasteiger charge is 2.27. The zero-order valence-corrected chi connectivity index (χ0v) is 11.2. The van der Waals surface area contributed by atoms with E-state index >= 15 is 0 Å². The quantitative estimate of drug-likeness (QED) is 0.893. The van der Waals surface area contributed by atoms with Gasteiger partial charge in [0.1, 0.15) is 19.0 Å². The van der Waals surface area contributed by atoms with Crippen molar-refractivity contribution in [2.45, 2.75) is 18.9 Å². The predicted octanol–water partition coefficient (Wildman–Crippen LogP) is 1.59. The Morgan fingerprint density at radius 2 is 2.24 bits per heavy atom. The second-order valence-corrected chi connectivity index (χ2v) is 4.65. The van der Waals surface area contributed by atoms with Crippen LogP contribution in [0, 0.1) is 0 Å². The Kier molecular flexibility index (Phi) is 3.83. The molecule has 2 heterocycles. The molecule has 110 valence electrons. The molecule has 1 aliphatic rings. The third kappa shape index (κ3) is 3.03. The summed E-state index contributed by atoms with van der Waals surface area (Å²) in [5.41, 5.74) is 1.02. The van der Waals surface area contributed by atoms with Crippen LogP contribution in [0.4, 0.5) is 0 Å². The summed E-state index contributed by atoms with van der Waals surface area (Å²) in [5, 5.41) is 16.4. The fraction of sp³-hybridized carbons (Fsp3) is 0.357. The summed E-state index contributed by atoms with van der Waals surface area (Å²) in [6, 6.07) is 7.74. The molecule has 1 aromatic heterocycles. The van der Waals surface area contributed by atoms with Crippen molar-refractivity contribution in [3.8, 4) is 5.75 Å². The summed E-state index contributed by atoms with van der Waals surface area (Å²) >= 11 is 0. The average Bonchev–Trinajstić information content (AvgIpc) is 2.95. The molecule has 21 heavy (non-hydrogen) atoms. The van der Waals surface area contributed by atoms with Crippen LogP contribution in [-0.2, 0) is 16.1 Å². The number of hydrogen-bond donors (Lipinski definition) is 1. The lowest BCUT2D eigenvalue weighted by atomic mass is 9.93. The number of aromatic nitrogens is 2. The molecule has 0 amide bonds. The molecule has 2 aromatic rings. The Balaban J connectivity index is 1.73. The maximum Gasteiger partial charge on any atom is 0.329 e. The first kappa shape index (κ1) is 13.6. The first-order valence-electron chi connectivity index (χ1n) is 6.57. The minimum Gasteiger partial charge on any atom is -0.493 e. The molecule has 0 fully saturated rings. The van der Waals surface area contributed by atoms with E-state index < -0.39 is 12.6 Å². The predicted molar refractivity (Wildman–Crippen MR) is 70.0 cm³/mol. The normalized spacial score (nSPS) is 17.0. The van der Waals surface area contributed by atoms with Crippen LogP contribution in [0.2, 0.25) is 0 Å². The van der Waals surface area contributed by atoms with Crippen molar-refractivity contribution < 1.29 is 23.8 Å². The summed E-state index contributed by atoms with van der Waals surface area (Å²) in [4.78, 5) is 10.4. The third-order valence-electron chi connectivity index (χ3n) is 3.19. The van der Waals surface area contributed by atoms with Gasteiger partial charge in [0, 0.05) is 5.56 Å². The standard InChI is InChI=1S/C14H14N2O5/c17-13(18)8-19-7-12-15-16-14(21-12)10-5-6-20-11-4-2-1-3-9(10)11/h1-4,10H,5-8H2,(H,17,18). The second-order valence-electron chi connectivity index (χ2n) is 4.65. The van der Waals surface area contributed by atoms with Crippen molar-refractivity contribution in [2.24, 2.45) is 0 Å². The van der Waals surface area contributed by atoms with Crippen LogP contribution in [0.3, 0.4) is 0 Å². The Morgan fingerprint density at radius 1 is 1.38 bits per heavy atom. The summed E-state index contributed by atoms with van der Waals surface area (Å²) in [6.07, 6.45) is 0.759. The van der Waals surface area contributed by atoms with E-state index in [0.29, 0.717) is 12.5 Å². The largest absolute Gasteiger partial charge is 0.493 e. The van der Waals surface area contributed by atoms with Crippen LogP contribution in [0.15, 0.2) is 28.7 Å².